The highest BCUT2D eigenvalue weighted by atomic mass is 16.5. The first kappa shape index (κ1) is 17.5. The van der Waals surface area contributed by atoms with Gasteiger partial charge >= 0.3 is 0 Å². The number of carbonyl (C=O) groups excluding carboxylic acids is 1. The number of pyridine rings is 1. The van der Waals surface area contributed by atoms with Gasteiger partial charge in [-0.1, -0.05) is 36.4 Å². The van der Waals surface area contributed by atoms with Crippen LogP contribution in [0, 0.1) is 6.92 Å². The molecule has 1 amide bonds. The zero-order valence-corrected chi connectivity index (χ0v) is 14.7. The van der Waals surface area contributed by atoms with E-state index in [0.717, 1.165) is 5.69 Å². The highest BCUT2D eigenvalue weighted by Gasteiger charge is 2.22. The van der Waals surface area contributed by atoms with Gasteiger partial charge in [-0.3, -0.25) is 14.2 Å². The van der Waals surface area contributed by atoms with E-state index in [4.69, 9.17) is 4.74 Å². The lowest BCUT2D eigenvalue weighted by atomic mass is 10.1. The Kier molecular flexibility index (Phi) is 5.17. The number of hydrogen-bond donors (Lipinski definition) is 1. The average Bonchev–Trinajstić information content (AvgIpc) is 2.63. The van der Waals surface area contributed by atoms with Gasteiger partial charge < -0.3 is 10.1 Å². The Hall–Kier alpha value is -3.34. The first-order valence-corrected chi connectivity index (χ1v) is 8.43. The molecule has 2 aromatic carbocycles. The van der Waals surface area contributed by atoms with Crippen molar-refractivity contribution < 1.29 is 9.53 Å². The number of para-hydroxylation sites is 2. The number of amides is 1. The molecule has 0 saturated heterocycles. The molecule has 0 aliphatic carbocycles. The summed E-state index contributed by atoms with van der Waals surface area (Å²) in [7, 11) is 0. The fraction of sp³-hybridized carbons (Fsp3) is 0.143. The summed E-state index contributed by atoms with van der Waals surface area (Å²) in [4.78, 5) is 25.4. The molecule has 0 spiro atoms. The van der Waals surface area contributed by atoms with Crippen LogP contribution in [0.3, 0.4) is 0 Å². The Bertz CT molecular complexity index is 964. The fourth-order valence-electron chi connectivity index (χ4n) is 2.80. The minimum atomic E-state index is -0.491. The lowest BCUT2D eigenvalue weighted by Gasteiger charge is -2.19. The average molecular weight is 348 g/mol. The van der Waals surface area contributed by atoms with Gasteiger partial charge in [0, 0.05) is 23.1 Å². The molecule has 3 aromatic rings. The normalized spacial score (nSPS) is 10.4. The van der Waals surface area contributed by atoms with Gasteiger partial charge in [-0.05, 0) is 38.1 Å². The van der Waals surface area contributed by atoms with Crippen molar-refractivity contribution in [1.82, 2.24) is 4.57 Å². The van der Waals surface area contributed by atoms with E-state index in [2.05, 4.69) is 5.32 Å². The number of hydrogen-bond acceptors (Lipinski definition) is 3. The summed E-state index contributed by atoms with van der Waals surface area (Å²) in [5, 5.41) is 2.76. The topological polar surface area (TPSA) is 60.3 Å². The van der Waals surface area contributed by atoms with E-state index in [9.17, 15) is 9.59 Å². The standard InChI is InChI=1S/C21H20N2O3/c1-3-26-21-19(20(25)22-16-10-6-4-7-11-16)18(24)14-15(2)23(21)17-12-8-5-9-13-17/h4-14H,3H2,1-2H3,(H,22,25). The summed E-state index contributed by atoms with van der Waals surface area (Å²) in [5.41, 5.74) is 1.76. The third-order valence-corrected chi connectivity index (χ3v) is 3.91. The van der Waals surface area contributed by atoms with Crippen molar-refractivity contribution in [2.24, 2.45) is 0 Å². The van der Waals surface area contributed by atoms with Crippen LogP contribution in [0.15, 0.2) is 71.5 Å². The summed E-state index contributed by atoms with van der Waals surface area (Å²) in [5.74, 6) is -0.244. The van der Waals surface area contributed by atoms with Crippen LogP contribution in [-0.2, 0) is 0 Å². The monoisotopic (exact) mass is 348 g/mol. The number of carbonyl (C=O) groups is 1. The van der Waals surface area contributed by atoms with Crippen molar-refractivity contribution in [3.63, 3.8) is 0 Å². The van der Waals surface area contributed by atoms with Crippen molar-refractivity contribution >= 4 is 11.6 Å². The Morgan fingerprint density at radius 1 is 1.04 bits per heavy atom. The number of nitrogens with one attached hydrogen (secondary N) is 1. The maximum atomic E-state index is 12.8. The Morgan fingerprint density at radius 3 is 2.27 bits per heavy atom. The van der Waals surface area contributed by atoms with Gasteiger partial charge in [-0.2, -0.15) is 0 Å². The predicted molar refractivity (Wildman–Crippen MR) is 102 cm³/mol. The number of nitrogens with zero attached hydrogens (tertiary/aromatic N) is 1. The van der Waals surface area contributed by atoms with Crippen LogP contribution >= 0.6 is 0 Å². The number of anilines is 1. The zero-order chi connectivity index (χ0) is 18.5. The molecule has 1 N–H and O–H groups in total. The van der Waals surface area contributed by atoms with Gasteiger partial charge in [-0.15, -0.1) is 0 Å². The van der Waals surface area contributed by atoms with Gasteiger partial charge in [0.05, 0.1) is 6.61 Å². The van der Waals surface area contributed by atoms with Gasteiger partial charge in [0.1, 0.15) is 5.56 Å². The number of aromatic nitrogens is 1. The lowest BCUT2D eigenvalue weighted by Crippen LogP contribution is -2.26. The molecule has 1 aromatic heterocycles. The van der Waals surface area contributed by atoms with Gasteiger partial charge in [0.15, 0.2) is 5.43 Å². The zero-order valence-electron chi connectivity index (χ0n) is 14.7. The summed E-state index contributed by atoms with van der Waals surface area (Å²) >= 11 is 0. The smallest absolute Gasteiger partial charge is 0.265 e. The Balaban J connectivity index is 2.15. The van der Waals surface area contributed by atoms with E-state index in [0.29, 0.717) is 18.0 Å². The molecule has 0 fully saturated rings. The van der Waals surface area contributed by atoms with Gasteiger partial charge in [0.25, 0.3) is 5.91 Å². The van der Waals surface area contributed by atoms with Crippen LogP contribution in [-0.4, -0.2) is 17.1 Å². The SMILES string of the molecule is CCOc1c(C(=O)Nc2ccccc2)c(=O)cc(C)n1-c1ccccc1. The van der Waals surface area contributed by atoms with Crippen molar-refractivity contribution in [2.45, 2.75) is 13.8 Å². The van der Waals surface area contributed by atoms with Crippen molar-refractivity contribution in [1.29, 1.82) is 0 Å². The van der Waals surface area contributed by atoms with Crippen molar-refractivity contribution in [2.75, 3.05) is 11.9 Å². The molecule has 0 aliphatic rings. The molecule has 26 heavy (non-hydrogen) atoms. The summed E-state index contributed by atoms with van der Waals surface area (Å²) in [6, 6.07) is 20.0. The second-order valence-electron chi connectivity index (χ2n) is 5.75. The third kappa shape index (κ3) is 3.52. The summed E-state index contributed by atoms with van der Waals surface area (Å²) < 4.78 is 7.53. The maximum Gasteiger partial charge on any atom is 0.265 e. The predicted octanol–water partition coefficient (Wildman–Crippen LogP) is 3.80. The highest BCUT2D eigenvalue weighted by Crippen LogP contribution is 2.24. The molecule has 0 bridgehead atoms. The van der Waals surface area contributed by atoms with E-state index >= 15 is 0 Å². The molecule has 0 unspecified atom stereocenters. The van der Waals surface area contributed by atoms with Crippen LogP contribution in [0.4, 0.5) is 5.69 Å². The van der Waals surface area contributed by atoms with Crippen LogP contribution in [0.5, 0.6) is 5.88 Å². The van der Waals surface area contributed by atoms with E-state index < -0.39 is 5.91 Å². The van der Waals surface area contributed by atoms with E-state index in [1.807, 2.05) is 62.4 Å². The number of aryl methyl sites for hydroxylation is 1. The second-order valence-corrected chi connectivity index (χ2v) is 5.75. The molecule has 0 aliphatic heterocycles. The minimum Gasteiger partial charge on any atom is -0.478 e. The van der Waals surface area contributed by atoms with Crippen molar-refractivity contribution in [3.8, 4) is 11.6 Å². The quantitative estimate of drug-likeness (QED) is 0.763. The molecular weight excluding hydrogens is 328 g/mol. The van der Waals surface area contributed by atoms with E-state index in [1.165, 1.54) is 6.07 Å². The molecule has 3 rings (SSSR count). The van der Waals surface area contributed by atoms with E-state index in [1.54, 1.807) is 16.7 Å². The van der Waals surface area contributed by atoms with Crippen LogP contribution in [0.2, 0.25) is 0 Å². The third-order valence-electron chi connectivity index (χ3n) is 3.91. The molecule has 132 valence electrons. The highest BCUT2D eigenvalue weighted by molar-refractivity contribution is 6.05. The second kappa shape index (κ2) is 7.70. The van der Waals surface area contributed by atoms with E-state index in [-0.39, 0.29) is 16.9 Å². The fourth-order valence-corrected chi connectivity index (χ4v) is 2.80. The van der Waals surface area contributed by atoms with Crippen LogP contribution < -0.4 is 15.5 Å². The Labute approximate surface area is 151 Å². The van der Waals surface area contributed by atoms with Crippen molar-refractivity contribution in [3.05, 3.63) is 88.2 Å². The molecule has 0 atom stereocenters. The number of benzene rings is 2. The number of ether oxygens (including phenoxy) is 1. The molecule has 5 heteroatoms. The minimum absolute atomic E-state index is 0.00911. The summed E-state index contributed by atoms with van der Waals surface area (Å²) in [6.07, 6.45) is 0. The molecule has 0 radical (unpaired) electrons. The Morgan fingerprint density at radius 2 is 1.65 bits per heavy atom. The molecule has 1 heterocycles. The first-order valence-electron chi connectivity index (χ1n) is 8.43. The molecule has 0 saturated carbocycles. The van der Waals surface area contributed by atoms with Gasteiger partial charge in [0.2, 0.25) is 5.88 Å². The summed E-state index contributed by atoms with van der Waals surface area (Å²) in [6.45, 7) is 3.97. The largest absolute Gasteiger partial charge is 0.478 e. The maximum absolute atomic E-state index is 12.8. The first-order chi connectivity index (χ1) is 12.6. The van der Waals surface area contributed by atoms with Gasteiger partial charge in [-0.25, -0.2) is 0 Å². The number of rotatable bonds is 5. The van der Waals surface area contributed by atoms with Crippen LogP contribution in [0.1, 0.15) is 23.0 Å². The lowest BCUT2D eigenvalue weighted by molar-refractivity contribution is 0.102. The van der Waals surface area contributed by atoms with Crippen LogP contribution in [0.25, 0.3) is 5.69 Å². The molecular formula is C21H20N2O3. The molecule has 5 nitrogen and oxygen atoms in total.